The molecular formula is C30H32N2O7. The van der Waals surface area contributed by atoms with Gasteiger partial charge in [-0.05, 0) is 85.5 Å². The zero-order valence-electron chi connectivity index (χ0n) is 21.5. The molecule has 2 unspecified atom stereocenters. The van der Waals surface area contributed by atoms with Crippen LogP contribution in [0.3, 0.4) is 0 Å². The van der Waals surface area contributed by atoms with Crippen molar-refractivity contribution in [2.75, 3.05) is 13.1 Å². The molecule has 1 saturated heterocycles. The number of benzene rings is 2. The summed E-state index contributed by atoms with van der Waals surface area (Å²) in [7, 11) is 0. The van der Waals surface area contributed by atoms with Gasteiger partial charge < -0.3 is 26.2 Å². The molecule has 0 spiro atoms. The molecule has 2 aromatic carbocycles. The molecule has 0 radical (unpaired) electrons. The minimum Gasteiger partial charge on any atom is -0.507 e. The van der Waals surface area contributed by atoms with E-state index in [9.17, 15) is 34.8 Å². The van der Waals surface area contributed by atoms with Crippen molar-refractivity contribution in [3.05, 3.63) is 58.7 Å². The lowest BCUT2D eigenvalue weighted by Crippen LogP contribution is -2.66. The number of hydrogen-bond acceptors (Lipinski definition) is 8. The number of carbonyl (C=O) groups excluding carboxylic acids is 3. The molecule has 39 heavy (non-hydrogen) atoms. The summed E-state index contributed by atoms with van der Waals surface area (Å²) in [6.45, 7) is 2.98. The Balaban J connectivity index is 1.42. The maximum Gasteiger partial charge on any atom is 0.230 e. The summed E-state index contributed by atoms with van der Waals surface area (Å²) in [6, 6.07) is 11.4. The number of rotatable bonds is 4. The van der Waals surface area contributed by atoms with Crippen molar-refractivity contribution in [1.29, 1.82) is 0 Å². The fourth-order valence-electron chi connectivity index (χ4n) is 7.23. The number of Topliss-reactive ketones (excluding diaryl/α,β-unsaturated/α-hetero) is 2. The van der Waals surface area contributed by atoms with Gasteiger partial charge in [-0.1, -0.05) is 24.3 Å². The minimum absolute atomic E-state index is 0.105. The number of amides is 1. The van der Waals surface area contributed by atoms with Crippen LogP contribution in [0.5, 0.6) is 5.75 Å². The van der Waals surface area contributed by atoms with E-state index in [2.05, 4.69) is 17.0 Å². The standard InChI is InChI=1S/C30H32N2O7/c31-29(38)25-22(34)13-18-11-17-12-20-19(16-5-3-4-15(10-16)14-32-8-1-2-9-32)6-7-21(33)24(20)26(35)23(17)27(36)30(18,39)28(25)37/h3-7,10,17-18,22,25,33-35,39H,1-2,8-9,11-14H2,(H2,31,38)/t17-,18+,22?,25?,30+/m1/s1. The Labute approximate surface area is 225 Å². The van der Waals surface area contributed by atoms with E-state index in [4.69, 9.17) is 5.73 Å². The summed E-state index contributed by atoms with van der Waals surface area (Å²) >= 11 is 0. The fraction of sp³-hybridized carbons (Fsp3) is 0.433. The quantitative estimate of drug-likeness (QED) is 0.373. The molecular weight excluding hydrogens is 500 g/mol. The molecule has 3 fully saturated rings. The molecule has 1 aliphatic heterocycles. The first-order valence-corrected chi connectivity index (χ1v) is 13.5. The van der Waals surface area contributed by atoms with Crippen molar-refractivity contribution in [2.24, 2.45) is 23.5 Å². The van der Waals surface area contributed by atoms with Gasteiger partial charge in [0.05, 0.1) is 11.7 Å². The Hall–Kier alpha value is -3.53. The Morgan fingerprint density at radius 1 is 1.08 bits per heavy atom. The lowest BCUT2D eigenvalue weighted by atomic mass is 9.56. The van der Waals surface area contributed by atoms with Crippen LogP contribution in [-0.2, 0) is 27.3 Å². The second-order valence-corrected chi connectivity index (χ2v) is 11.4. The largest absolute Gasteiger partial charge is 0.507 e. The number of carbonyl (C=O) groups is 3. The highest BCUT2D eigenvalue weighted by molar-refractivity contribution is 6.24. The third-order valence-corrected chi connectivity index (χ3v) is 9.11. The van der Waals surface area contributed by atoms with Crippen molar-refractivity contribution in [3.8, 4) is 16.9 Å². The predicted molar refractivity (Wildman–Crippen MR) is 141 cm³/mol. The van der Waals surface area contributed by atoms with E-state index in [-0.39, 0.29) is 36.1 Å². The van der Waals surface area contributed by atoms with Crippen molar-refractivity contribution < 1.29 is 34.8 Å². The number of primary amides is 1. The van der Waals surface area contributed by atoms with Gasteiger partial charge in [-0.3, -0.25) is 19.3 Å². The van der Waals surface area contributed by atoms with Gasteiger partial charge in [-0.15, -0.1) is 0 Å². The average molecular weight is 533 g/mol. The van der Waals surface area contributed by atoms with E-state index in [1.54, 1.807) is 6.07 Å². The van der Waals surface area contributed by atoms with E-state index in [1.807, 2.05) is 12.1 Å². The van der Waals surface area contributed by atoms with Gasteiger partial charge in [0, 0.05) is 18.0 Å². The molecule has 1 heterocycles. The molecule has 5 atom stereocenters. The maximum atomic E-state index is 13.7. The second-order valence-electron chi connectivity index (χ2n) is 11.4. The molecule has 9 nitrogen and oxygen atoms in total. The highest BCUT2D eigenvalue weighted by Gasteiger charge is 2.64. The highest BCUT2D eigenvalue weighted by Crippen LogP contribution is 2.52. The normalized spacial score (nSPS) is 30.6. The Bertz CT molecular complexity index is 1430. The number of aliphatic hydroxyl groups excluding tert-OH is 2. The first kappa shape index (κ1) is 25.7. The zero-order chi connectivity index (χ0) is 27.6. The van der Waals surface area contributed by atoms with Crippen LogP contribution in [0.2, 0.25) is 0 Å². The predicted octanol–water partition coefficient (Wildman–Crippen LogP) is 1.85. The van der Waals surface area contributed by atoms with Crippen LogP contribution >= 0.6 is 0 Å². The molecule has 2 saturated carbocycles. The number of aliphatic hydroxyl groups is 3. The first-order valence-electron chi connectivity index (χ1n) is 13.5. The van der Waals surface area contributed by atoms with E-state index >= 15 is 0 Å². The van der Waals surface area contributed by atoms with Gasteiger partial charge >= 0.3 is 0 Å². The third kappa shape index (κ3) is 3.91. The zero-order valence-corrected chi connectivity index (χ0v) is 21.5. The van der Waals surface area contributed by atoms with Crippen LogP contribution in [0.25, 0.3) is 16.9 Å². The summed E-state index contributed by atoms with van der Waals surface area (Å²) in [5, 5.41) is 44.0. The van der Waals surface area contributed by atoms with Gasteiger partial charge in [-0.25, -0.2) is 0 Å². The number of aromatic hydroxyl groups is 1. The monoisotopic (exact) mass is 532 g/mol. The molecule has 6 rings (SSSR count). The number of phenols is 1. The van der Waals surface area contributed by atoms with E-state index in [0.29, 0.717) is 5.56 Å². The lowest BCUT2D eigenvalue weighted by Gasteiger charge is -2.48. The molecule has 6 N–H and O–H groups in total. The van der Waals surface area contributed by atoms with Crippen molar-refractivity contribution in [3.63, 3.8) is 0 Å². The first-order chi connectivity index (χ1) is 18.6. The lowest BCUT2D eigenvalue weighted by molar-refractivity contribution is -0.174. The minimum atomic E-state index is -2.58. The van der Waals surface area contributed by atoms with Crippen LogP contribution in [-0.4, -0.2) is 67.6 Å². The van der Waals surface area contributed by atoms with Gasteiger partial charge in [0.1, 0.15) is 17.4 Å². The van der Waals surface area contributed by atoms with Gasteiger partial charge in [0.15, 0.2) is 11.4 Å². The van der Waals surface area contributed by atoms with Gasteiger partial charge in [0.25, 0.3) is 0 Å². The smallest absolute Gasteiger partial charge is 0.230 e. The highest BCUT2D eigenvalue weighted by atomic mass is 16.3. The number of likely N-dealkylation sites (tertiary alicyclic amines) is 1. The van der Waals surface area contributed by atoms with Crippen LogP contribution in [0.4, 0.5) is 0 Å². The average Bonchev–Trinajstić information content (AvgIpc) is 3.39. The molecule has 0 bridgehead atoms. The van der Waals surface area contributed by atoms with E-state index < -0.39 is 52.7 Å². The molecule has 0 aromatic heterocycles. The van der Waals surface area contributed by atoms with Crippen molar-refractivity contribution in [2.45, 2.75) is 50.4 Å². The van der Waals surface area contributed by atoms with Gasteiger partial charge in [-0.2, -0.15) is 0 Å². The van der Waals surface area contributed by atoms with Crippen LogP contribution in [0.15, 0.2) is 42.0 Å². The fourth-order valence-corrected chi connectivity index (χ4v) is 7.23. The number of hydrogen-bond donors (Lipinski definition) is 5. The molecule has 204 valence electrons. The summed E-state index contributed by atoms with van der Waals surface area (Å²) in [5.74, 6) is -7.13. The molecule has 3 aliphatic carbocycles. The van der Waals surface area contributed by atoms with Crippen LogP contribution in [0, 0.1) is 17.8 Å². The number of nitrogens with two attached hydrogens (primary N) is 1. The van der Waals surface area contributed by atoms with E-state index in [1.165, 1.54) is 18.9 Å². The molecule has 9 heteroatoms. The topological polar surface area (TPSA) is 161 Å². The summed E-state index contributed by atoms with van der Waals surface area (Å²) in [5.41, 5.74) is 6.27. The Morgan fingerprint density at radius 2 is 1.82 bits per heavy atom. The third-order valence-electron chi connectivity index (χ3n) is 9.11. The number of ketones is 2. The van der Waals surface area contributed by atoms with Crippen molar-refractivity contribution in [1.82, 2.24) is 4.90 Å². The second kappa shape index (κ2) is 9.29. The summed E-state index contributed by atoms with van der Waals surface area (Å²) in [4.78, 5) is 41.1. The number of phenolic OH excluding ortho intramolecular Hbond substituents is 1. The van der Waals surface area contributed by atoms with E-state index in [0.717, 1.165) is 36.3 Å². The van der Waals surface area contributed by atoms with Crippen LogP contribution in [0.1, 0.15) is 42.4 Å². The Kier molecular flexibility index (Phi) is 6.13. The summed E-state index contributed by atoms with van der Waals surface area (Å²) in [6.07, 6.45) is 1.27. The van der Waals surface area contributed by atoms with Crippen molar-refractivity contribution >= 4 is 23.2 Å². The van der Waals surface area contributed by atoms with Crippen LogP contribution < -0.4 is 5.73 Å². The molecule has 1 amide bonds. The SMILES string of the molecule is NC(=O)C1C(=O)[C@@]2(O)C(=O)C3=C(O)c4c(O)ccc(-c5cccc(CN6CCCC6)c5)c4C[C@H]3C[C@H]2CC1O. The molecule has 4 aliphatic rings. The summed E-state index contributed by atoms with van der Waals surface area (Å²) < 4.78 is 0. The Morgan fingerprint density at radius 3 is 2.54 bits per heavy atom. The number of nitrogens with zero attached hydrogens (tertiary/aromatic N) is 1. The maximum absolute atomic E-state index is 13.7. The number of fused-ring (bicyclic) bond motifs is 3. The molecule has 2 aromatic rings. The van der Waals surface area contributed by atoms with Gasteiger partial charge in [0.2, 0.25) is 11.7 Å².